The smallest absolute Gasteiger partial charge is 0.246 e. The van der Waals surface area contributed by atoms with Gasteiger partial charge in [-0.15, -0.1) is 11.3 Å². The van der Waals surface area contributed by atoms with Gasteiger partial charge in [-0.3, -0.25) is 9.59 Å². The molecule has 1 atom stereocenters. The fraction of sp³-hybridized carbons (Fsp3) is 0.222. The van der Waals surface area contributed by atoms with Gasteiger partial charge in [0.05, 0.1) is 5.92 Å². The lowest BCUT2D eigenvalue weighted by Crippen LogP contribution is -2.30. The third-order valence-corrected chi connectivity index (χ3v) is 5.08. The van der Waals surface area contributed by atoms with E-state index in [2.05, 4.69) is 18.2 Å². The van der Waals surface area contributed by atoms with Crippen molar-refractivity contribution in [3.05, 3.63) is 53.4 Å². The van der Waals surface area contributed by atoms with Gasteiger partial charge in [0.15, 0.2) is 0 Å². The van der Waals surface area contributed by atoms with E-state index in [9.17, 15) is 9.59 Å². The van der Waals surface area contributed by atoms with Crippen molar-refractivity contribution < 1.29 is 9.59 Å². The maximum absolute atomic E-state index is 12.2. The number of carbonyl (C=O) groups is 2. The van der Waals surface area contributed by atoms with Gasteiger partial charge in [0.1, 0.15) is 0 Å². The zero-order chi connectivity index (χ0) is 16.2. The van der Waals surface area contributed by atoms with Gasteiger partial charge in [-0.05, 0) is 30.2 Å². The summed E-state index contributed by atoms with van der Waals surface area (Å²) in [4.78, 5) is 27.2. The molecular formula is C18H18N2O2S. The van der Waals surface area contributed by atoms with Crippen molar-refractivity contribution in [1.82, 2.24) is 4.90 Å². The number of carbonyl (C=O) groups excluding carboxylic acids is 2. The second-order valence-corrected chi connectivity index (χ2v) is 6.69. The maximum Gasteiger partial charge on any atom is 0.246 e. The summed E-state index contributed by atoms with van der Waals surface area (Å²) < 4.78 is 0. The average molecular weight is 326 g/mol. The number of hydrogen-bond acceptors (Lipinski definition) is 3. The van der Waals surface area contributed by atoms with Gasteiger partial charge in [0.2, 0.25) is 11.8 Å². The molecule has 1 aliphatic rings. The lowest BCUT2D eigenvalue weighted by molar-refractivity contribution is -0.125. The monoisotopic (exact) mass is 326 g/mol. The molecule has 2 amide bonds. The molecule has 118 valence electrons. The molecule has 3 rings (SSSR count). The number of hydrogen-bond donors (Lipinski definition) is 1. The van der Waals surface area contributed by atoms with Crippen LogP contribution < -0.4 is 5.73 Å². The molecule has 2 heterocycles. The third-order valence-electron chi connectivity index (χ3n) is 3.98. The van der Waals surface area contributed by atoms with Crippen LogP contribution in [0.1, 0.15) is 11.3 Å². The van der Waals surface area contributed by atoms with Crippen molar-refractivity contribution in [1.29, 1.82) is 0 Å². The number of rotatable bonds is 4. The summed E-state index contributed by atoms with van der Waals surface area (Å²) in [7, 11) is 0. The van der Waals surface area contributed by atoms with Gasteiger partial charge < -0.3 is 10.6 Å². The SMILES string of the molecule is NC(=O)[C@@H]1CCN(C(=O)/C=C\c2ccc(-c3ccccc3)s2)C1. The van der Waals surface area contributed by atoms with Gasteiger partial charge in [-0.2, -0.15) is 0 Å². The number of thiophene rings is 1. The fourth-order valence-corrected chi connectivity index (χ4v) is 3.57. The molecule has 0 spiro atoms. The van der Waals surface area contributed by atoms with Crippen LogP contribution in [0, 0.1) is 5.92 Å². The summed E-state index contributed by atoms with van der Waals surface area (Å²) in [6.07, 6.45) is 4.06. The molecule has 1 saturated heterocycles. The van der Waals surface area contributed by atoms with Gasteiger partial charge in [-0.25, -0.2) is 0 Å². The van der Waals surface area contributed by atoms with Crippen molar-refractivity contribution >= 4 is 29.2 Å². The van der Waals surface area contributed by atoms with Crippen molar-refractivity contribution in [3.8, 4) is 10.4 Å². The molecule has 1 aliphatic heterocycles. The quantitative estimate of drug-likeness (QED) is 0.878. The Labute approximate surface area is 139 Å². The standard InChI is InChI=1S/C18H18N2O2S/c19-18(22)14-10-11-20(12-14)17(21)9-7-15-6-8-16(23-15)13-4-2-1-3-5-13/h1-9,14H,10-12H2,(H2,19,22)/b9-7-/t14-/m1/s1. The van der Waals surface area contributed by atoms with E-state index in [1.54, 1.807) is 22.3 Å². The number of benzene rings is 1. The van der Waals surface area contributed by atoms with E-state index in [-0.39, 0.29) is 17.7 Å². The van der Waals surface area contributed by atoms with Gasteiger partial charge in [0.25, 0.3) is 0 Å². The Bertz CT molecular complexity index is 736. The topological polar surface area (TPSA) is 63.4 Å². The molecule has 0 radical (unpaired) electrons. The summed E-state index contributed by atoms with van der Waals surface area (Å²) in [5, 5.41) is 0. The Balaban J connectivity index is 1.63. The van der Waals surface area contributed by atoms with Crippen LogP contribution in [0.2, 0.25) is 0 Å². The third kappa shape index (κ3) is 3.68. The molecule has 4 nitrogen and oxygen atoms in total. The van der Waals surface area contributed by atoms with Crippen LogP contribution in [0.3, 0.4) is 0 Å². The molecule has 23 heavy (non-hydrogen) atoms. The molecule has 1 aromatic heterocycles. The van der Waals surface area contributed by atoms with Crippen LogP contribution in [0.25, 0.3) is 16.5 Å². The van der Waals surface area contributed by atoms with E-state index in [0.717, 1.165) is 4.88 Å². The minimum atomic E-state index is -0.324. The van der Waals surface area contributed by atoms with E-state index in [0.29, 0.717) is 19.5 Å². The minimum absolute atomic E-state index is 0.0663. The minimum Gasteiger partial charge on any atom is -0.369 e. The highest BCUT2D eigenvalue weighted by Crippen LogP contribution is 2.28. The summed E-state index contributed by atoms with van der Waals surface area (Å²) in [6.45, 7) is 1.02. The molecule has 2 N–H and O–H groups in total. The van der Waals surface area contributed by atoms with Crippen LogP contribution in [0.15, 0.2) is 48.5 Å². The molecule has 0 bridgehead atoms. The van der Waals surface area contributed by atoms with E-state index < -0.39 is 0 Å². The second kappa shape index (κ2) is 6.79. The Morgan fingerprint density at radius 1 is 1.17 bits per heavy atom. The zero-order valence-electron chi connectivity index (χ0n) is 12.6. The molecule has 5 heteroatoms. The van der Waals surface area contributed by atoms with Crippen molar-refractivity contribution in [2.24, 2.45) is 11.7 Å². The Kier molecular flexibility index (Phi) is 4.57. The molecule has 0 unspecified atom stereocenters. The van der Waals surface area contributed by atoms with Crippen LogP contribution in [-0.2, 0) is 9.59 Å². The van der Waals surface area contributed by atoms with E-state index >= 15 is 0 Å². The van der Waals surface area contributed by atoms with Gasteiger partial charge in [-0.1, -0.05) is 30.3 Å². The highest BCUT2D eigenvalue weighted by molar-refractivity contribution is 7.16. The summed E-state index contributed by atoms with van der Waals surface area (Å²) in [6, 6.07) is 14.2. The molecule has 1 aromatic carbocycles. The lowest BCUT2D eigenvalue weighted by atomic mass is 10.1. The normalized spacial score (nSPS) is 17.7. The molecular weight excluding hydrogens is 308 g/mol. The van der Waals surface area contributed by atoms with Crippen LogP contribution in [-0.4, -0.2) is 29.8 Å². The highest BCUT2D eigenvalue weighted by atomic mass is 32.1. The number of nitrogens with zero attached hydrogens (tertiary/aromatic N) is 1. The predicted octanol–water partition coefficient (Wildman–Crippen LogP) is 2.76. The summed E-state index contributed by atoms with van der Waals surface area (Å²) in [5.74, 6) is -0.600. The largest absolute Gasteiger partial charge is 0.369 e. The first-order chi connectivity index (χ1) is 11.1. The number of amides is 2. The Morgan fingerprint density at radius 3 is 2.65 bits per heavy atom. The van der Waals surface area contributed by atoms with Crippen LogP contribution >= 0.6 is 11.3 Å². The van der Waals surface area contributed by atoms with E-state index in [1.165, 1.54) is 10.4 Å². The highest BCUT2D eigenvalue weighted by Gasteiger charge is 2.28. The molecule has 2 aromatic rings. The number of primary amides is 1. The summed E-state index contributed by atoms with van der Waals surface area (Å²) >= 11 is 1.64. The Morgan fingerprint density at radius 2 is 1.96 bits per heavy atom. The van der Waals surface area contributed by atoms with Crippen LogP contribution in [0.4, 0.5) is 0 Å². The van der Waals surface area contributed by atoms with E-state index in [1.807, 2.05) is 30.3 Å². The van der Waals surface area contributed by atoms with Crippen molar-refractivity contribution in [3.63, 3.8) is 0 Å². The first kappa shape index (κ1) is 15.5. The van der Waals surface area contributed by atoms with Gasteiger partial charge in [0, 0.05) is 28.9 Å². The van der Waals surface area contributed by atoms with Crippen molar-refractivity contribution in [2.75, 3.05) is 13.1 Å². The maximum atomic E-state index is 12.2. The average Bonchev–Trinajstić information content (AvgIpc) is 3.23. The van der Waals surface area contributed by atoms with Gasteiger partial charge >= 0.3 is 0 Å². The van der Waals surface area contributed by atoms with Crippen molar-refractivity contribution in [2.45, 2.75) is 6.42 Å². The summed E-state index contributed by atoms with van der Waals surface area (Å²) in [5.41, 5.74) is 6.46. The Hall–Kier alpha value is -2.40. The van der Waals surface area contributed by atoms with Crippen LogP contribution in [0.5, 0.6) is 0 Å². The first-order valence-electron chi connectivity index (χ1n) is 7.55. The predicted molar refractivity (Wildman–Crippen MR) is 92.7 cm³/mol. The fourth-order valence-electron chi connectivity index (χ4n) is 2.65. The van der Waals surface area contributed by atoms with E-state index in [4.69, 9.17) is 5.73 Å². The number of nitrogens with two attached hydrogens (primary N) is 1. The second-order valence-electron chi connectivity index (χ2n) is 5.57. The molecule has 1 fully saturated rings. The lowest BCUT2D eigenvalue weighted by Gasteiger charge is -2.12. The molecule has 0 saturated carbocycles. The zero-order valence-corrected chi connectivity index (χ0v) is 13.5. The number of likely N-dealkylation sites (tertiary alicyclic amines) is 1. The first-order valence-corrected chi connectivity index (χ1v) is 8.36. The molecule has 0 aliphatic carbocycles.